The van der Waals surface area contributed by atoms with E-state index in [9.17, 15) is 4.79 Å². The summed E-state index contributed by atoms with van der Waals surface area (Å²) < 4.78 is 11.5. The first-order valence-corrected chi connectivity index (χ1v) is 12.5. The zero-order chi connectivity index (χ0) is 23.0. The third-order valence-corrected chi connectivity index (χ3v) is 7.54. The Morgan fingerprint density at radius 2 is 1.76 bits per heavy atom. The Balaban J connectivity index is 1.29. The second-order valence-corrected chi connectivity index (χ2v) is 10.6. The summed E-state index contributed by atoms with van der Waals surface area (Å²) in [6, 6.07) is 14.3. The van der Waals surface area contributed by atoms with Crippen LogP contribution in [-0.2, 0) is 0 Å². The molecule has 5 nitrogen and oxygen atoms in total. The lowest BCUT2D eigenvalue weighted by Crippen LogP contribution is -2.63. The van der Waals surface area contributed by atoms with E-state index in [0.717, 1.165) is 56.2 Å². The maximum absolute atomic E-state index is 13.3. The van der Waals surface area contributed by atoms with Crippen LogP contribution in [0.15, 0.2) is 42.5 Å². The molecule has 1 unspecified atom stereocenters. The second kappa shape index (κ2) is 9.19. The summed E-state index contributed by atoms with van der Waals surface area (Å²) in [7, 11) is 0. The van der Waals surface area contributed by atoms with Crippen molar-refractivity contribution in [2.75, 3.05) is 39.4 Å². The number of nitrogens with zero attached hydrogens (tertiary/aromatic N) is 2. The standard InChI is InChI=1S/C27H33ClN2O3/c1-19(2)17-30-18-27(25(30)20-4-7-22(28)8-5-20)10-12-29(13-11-27)26(31)21-6-9-23-24(16-21)33-15-3-14-32-23/h4-9,16,19,25H,3,10-15,17-18H2,1-2H3. The third-order valence-electron chi connectivity index (χ3n) is 7.29. The number of carbonyl (C=O) groups is 1. The average molecular weight is 469 g/mol. The van der Waals surface area contributed by atoms with Gasteiger partial charge in [-0.15, -0.1) is 0 Å². The Morgan fingerprint density at radius 3 is 2.45 bits per heavy atom. The average Bonchev–Trinajstić information content (AvgIpc) is 3.05. The van der Waals surface area contributed by atoms with Crippen molar-refractivity contribution < 1.29 is 14.3 Å². The van der Waals surface area contributed by atoms with Crippen molar-refractivity contribution in [3.05, 3.63) is 58.6 Å². The highest BCUT2D eigenvalue weighted by Crippen LogP contribution is 2.55. The van der Waals surface area contributed by atoms with Gasteiger partial charge in [0.25, 0.3) is 5.91 Å². The molecule has 1 amide bonds. The van der Waals surface area contributed by atoms with Crippen LogP contribution in [-0.4, -0.2) is 55.1 Å². The summed E-state index contributed by atoms with van der Waals surface area (Å²) in [6.07, 6.45) is 2.89. The summed E-state index contributed by atoms with van der Waals surface area (Å²) in [5, 5.41) is 0.776. The Morgan fingerprint density at radius 1 is 1.06 bits per heavy atom. The van der Waals surface area contributed by atoms with Gasteiger partial charge in [0.15, 0.2) is 11.5 Å². The molecule has 0 aliphatic carbocycles. The molecular formula is C27H33ClN2O3. The predicted molar refractivity (Wildman–Crippen MR) is 130 cm³/mol. The quantitative estimate of drug-likeness (QED) is 0.599. The first-order chi connectivity index (χ1) is 15.9. The van der Waals surface area contributed by atoms with Crippen molar-refractivity contribution in [1.29, 1.82) is 0 Å². The lowest BCUT2D eigenvalue weighted by atomic mass is 9.63. The van der Waals surface area contributed by atoms with Crippen LogP contribution >= 0.6 is 11.6 Å². The molecule has 0 N–H and O–H groups in total. The van der Waals surface area contributed by atoms with Gasteiger partial charge in [-0.25, -0.2) is 0 Å². The molecule has 176 valence electrons. The van der Waals surface area contributed by atoms with Crippen LogP contribution in [0.4, 0.5) is 0 Å². The van der Waals surface area contributed by atoms with Crippen LogP contribution in [0.2, 0.25) is 5.02 Å². The summed E-state index contributed by atoms with van der Waals surface area (Å²) in [5.41, 5.74) is 2.25. The van der Waals surface area contributed by atoms with Gasteiger partial charge in [-0.3, -0.25) is 9.69 Å². The Kier molecular flexibility index (Phi) is 6.28. The summed E-state index contributed by atoms with van der Waals surface area (Å²) in [5.74, 6) is 2.12. The number of carbonyl (C=O) groups excluding carboxylic acids is 1. The smallest absolute Gasteiger partial charge is 0.253 e. The number of likely N-dealkylation sites (tertiary alicyclic amines) is 2. The van der Waals surface area contributed by atoms with Gasteiger partial charge in [0.1, 0.15) is 0 Å². The van der Waals surface area contributed by atoms with Crippen molar-refractivity contribution >= 4 is 17.5 Å². The van der Waals surface area contributed by atoms with E-state index in [1.807, 2.05) is 35.2 Å². The minimum absolute atomic E-state index is 0.0851. The summed E-state index contributed by atoms with van der Waals surface area (Å²) in [6.45, 7) is 9.59. The number of rotatable bonds is 4. The number of amides is 1. The van der Waals surface area contributed by atoms with E-state index in [-0.39, 0.29) is 11.3 Å². The number of fused-ring (bicyclic) bond motifs is 1. The number of piperidine rings is 1. The largest absolute Gasteiger partial charge is 0.490 e. The van der Waals surface area contributed by atoms with Crippen molar-refractivity contribution in [2.24, 2.45) is 11.3 Å². The van der Waals surface area contributed by atoms with Crippen LogP contribution in [0.5, 0.6) is 11.5 Å². The SMILES string of the molecule is CC(C)CN1CC2(CCN(C(=O)c3ccc4c(c3)OCCCO4)CC2)C1c1ccc(Cl)cc1. The lowest BCUT2D eigenvalue weighted by molar-refractivity contribution is -0.112. The molecule has 3 aliphatic rings. The zero-order valence-corrected chi connectivity index (χ0v) is 20.3. The molecule has 0 radical (unpaired) electrons. The van der Waals surface area contributed by atoms with Gasteiger partial charge in [-0.05, 0) is 54.7 Å². The molecule has 3 aliphatic heterocycles. The molecule has 5 rings (SSSR count). The molecule has 3 heterocycles. The minimum atomic E-state index is 0.0851. The van der Waals surface area contributed by atoms with Crippen molar-refractivity contribution in [2.45, 2.75) is 39.2 Å². The van der Waals surface area contributed by atoms with E-state index < -0.39 is 0 Å². The number of hydrogen-bond acceptors (Lipinski definition) is 4. The van der Waals surface area contributed by atoms with Gasteiger partial charge in [-0.1, -0.05) is 37.6 Å². The third kappa shape index (κ3) is 4.45. The van der Waals surface area contributed by atoms with Crippen LogP contribution in [0.25, 0.3) is 0 Å². The van der Waals surface area contributed by atoms with E-state index in [2.05, 4.69) is 30.9 Å². The first-order valence-electron chi connectivity index (χ1n) is 12.1. The van der Waals surface area contributed by atoms with Crippen molar-refractivity contribution in [1.82, 2.24) is 9.80 Å². The maximum atomic E-state index is 13.3. The highest BCUT2D eigenvalue weighted by Gasteiger charge is 2.54. The second-order valence-electron chi connectivity index (χ2n) is 10.1. The summed E-state index contributed by atoms with van der Waals surface area (Å²) in [4.78, 5) is 17.9. The van der Waals surface area contributed by atoms with Gasteiger partial charge in [-0.2, -0.15) is 0 Å². The number of hydrogen-bond donors (Lipinski definition) is 0. The number of halogens is 1. The monoisotopic (exact) mass is 468 g/mol. The van der Waals surface area contributed by atoms with E-state index in [1.54, 1.807) is 0 Å². The minimum Gasteiger partial charge on any atom is -0.490 e. The summed E-state index contributed by atoms with van der Waals surface area (Å²) >= 11 is 6.17. The molecule has 0 bridgehead atoms. The highest BCUT2D eigenvalue weighted by atomic mass is 35.5. The maximum Gasteiger partial charge on any atom is 0.253 e. The number of benzene rings is 2. The van der Waals surface area contributed by atoms with Crippen LogP contribution < -0.4 is 9.47 Å². The van der Waals surface area contributed by atoms with Crippen molar-refractivity contribution in [3.8, 4) is 11.5 Å². The van der Waals surface area contributed by atoms with Gasteiger partial charge in [0, 0.05) is 54.6 Å². The van der Waals surface area contributed by atoms with Crippen molar-refractivity contribution in [3.63, 3.8) is 0 Å². The molecule has 2 aromatic carbocycles. The molecular weight excluding hydrogens is 436 g/mol. The first kappa shape index (κ1) is 22.5. The fourth-order valence-electron chi connectivity index (χ4n) is 5.77. The Labute approximate surface area is 201 Å². The van der Waals surface area contributed by atoms with E-state index in [4.69, 9.17) is 21.1 Å². The van der Waals surface area contributed by atoms with Crippen LogP contribution in [0, 0.1) is 11.3 Å². The van der Waals surface area contributed by atoms with E-state index in [1.165, 1.54) is 5.56 Å². The van der Waals surface area contributed by atoms with E-state index in [0.29, 0.717) is 36.5 Å². The normalized spacial score (nSPS) is 22.2. The lowest BCUT2D eigenvalue weighted by Gasteiger charge is -2.61. The fourth-order valence-corrected chi connectivity index (χ4v) is 5.90. The molecule has 2 fully saturated rings. The van der Waals surface area contributed by atoms with Gasteiger partial charge in [0.05, 0.1) is 13.2 Å². The molecule has 0 saturated carbocycles. The topological polar surface area (TPSA) is 42.0 Å². The predicted octanol–water partition coefficient (Wildman–Crippen LogP) is 5.44. The molecule has 33 heavy (non-hydrogen) atoms. The Hall–Kier alpha value is -2.24. The molecule has 0 aromatic heterocycles. The molecule has 2 aromatic rings. The van der Waals surface area contributed by atoms with Gasteiger partial charge in [0.2, 0.25) is 0 Å². The molecule has 1 atom stereocenters. The zero-order valence-electron chi connectivity index (χ0n) is 19.6. The van der Waals surface area contributed by atoms with Crippen LogP contribution in [0.1, 0.15) is 55.1 Å². The van der Waals surface area contributed by atoms with Crippen LogP contribution in [0.3, 0.4) is 0 Å². The highest BCUT2D eigenvalue weighted by molar-refractivity contribution is 6.30. The molecule has 6 heteroatoms. The Bertz CT molecular complexity index is 999. The van der Waals surface area contributed by atoms with E-state index >= 15 is 0 Å². The van der Waals surface area contributed by atoms with Gasteiger partial charge >= 0.3 is 0 Å². The number of ether oxygens (including phenoxy) is 2. The fraction of sp³-hybridized carbons (Fsp3) is 0.519. The molecule has 2 saturated heterocycles. The van der Waals surface area contributed by atoms with Gasteiger partial charge < -0.3 is 14.4 Å². The molecule has 1 spiro atoms.